The monoisotopic (exact) mass is 241 g/mol. The van der Waals surface area contributed by atoms with Crippen LogP contribution in [0.25, 0.3) is 0 Å². The Morgan fingerprint density at radius 2 is 1.83 bits per heavy atom. The van der Waals surface area contributed by atoms with Crippen LogP contribution in [-0.2, 0) is 15.6 Å². The second kappa shape index (κ2) is 4.24. The Balaban J connectivity index is 2.35. The topological polar surface area (TPSA) is 40.9 Å². The van der Waals surface area contributed by atoms with Crippen molar-refractivity contribution in [3.8, 4) is 6.07 Å². The highest BCUT2D eigenvalue weighted by molar-refractivity contribution is 5.83. The number of nitrogens with zero attached hydrogens (tertiary/aromatic N) is 1. The fraction of sp³-hybridized carbons (Fsp3) is 0.500. The lowest BCUT2D eigenvalue weighted by atomic mass is 9.78. The molecule has 1 fully saturated rings. The number of benzene rings is 1. The third-order valence-corrected chi connectivity index (χ3v) is 3.85. The summed E-state index contributed by atoms with van der Waals surface area (Å²) in [5.41, 5.74) is 1.78. The van der Waals surface area contributed by atoms with Crippen molar-refractivity contribution in [2.75, 3.05) is 0 Å². The van der Waals surface area contributed by atoms with Crippen LogP contribution < -0.4 is 0 Å². The van der Waals surface area contributed by atoms with Gasteiger partial charge in [-0.15, -0.1) is 0 Å². The van der Waals surface area contributed by atoms with Gasteiger partial charge in [-0.3, -0.25) is 4.79 Å². The van der Waals surface area contributed by atoms with Gasteiger partial charge in [0.2, 0.25) is 0 Å². The minimum absolute atomic E-state index is 0.115. The molecule has 1 unspecified atom stereocenters. The standard InChI is InChI=1S/C16H19NO/c1-15(2,3)12-4-6-13(7-5-12)16(11-17)9-8-14(18)10-16/h4-7H,8-10H2,1-3H3. The molecule has 2 nitrogen and oxygen atoms in total. The molecule has 1 aromatic carbocycles. The number of rotatable bonds is 1. The predicted octanol–water partition coefficient (Wildman–Crippen LogP) is 3.50. The zero-order valence-corrected chi connectivity index (χ0v) is 11.3. The molecule has 1 aromatic rings. The highest BCUT2D eigenvalue weighted by Gasteiger charge is 2.40. The van der Waals surface area contributed by atoms with E-state index in [0.29, 0.717) is 19.3 Å². The maximum atomic E-state index is 11.5. The number of hydrogen-bond acceptors (Lipinski definition) is 2. The Hall–Kier alpha value is -1.62. The zero-order valence-electron chi connectivity index (χ0n) is 11.3. The zero-order chi connectivity index (χ0) is 13.4. The Morgan fingerprint density at radius 1 is 1.22 bits per heavy atom. The van der Waals surface area contributed by atoms with E-state index in [0.717, 1.165) is 5.56 Å². The molecule has 0 aliphatic heterocycles. The Morgan fingerprint density at radius 3 is 2.22 bits per heavy atom. The number of Topliss-reactive ketones (excluding diaryl/α,β-unsaturated/α-hetero) is 1. The number of hydrogen-bond donors (Lipinski definition) is 0. The summed E-state index contributed by atoms with van der Waals surface area (Å²) in [6.07, 6.45) is 1.57. The Kier molecular flexibility index (Phi) is 3.02. The minimum atomic E-state index is -0.576. The van der Waals surface area contributed by atoms with Gasteiger partial charge >= 0.3 is 0 Å². The summed E-state index contributed by atoms with van der Waals surface area (Å²) >= 11 is 0. The van der Waals surface area contributed by atoms with Gasteiger partial charge in [-0.25, -0.2) is 0 Å². The average molecular weight is 241 g/mol. The molecule has 2 rings (SSSR count). The quantitative estimate of drug-likeness (QED) is 0.755. The van der Waals surface area contributed by atoms with Gasteiger partial charge < -0.3 is 0 Å². The fourth-order valence-corrected chi connectivity index (χ4v) is 2.56. The molecular formula is C16H19NO. The van der Waals surface area contributed by atoms with Gasteiger partial charge in [-0.05, 0) is 23.0 Å². The number of nitriles is 1. The van der Waals surface area contributed by atoms with Crippen LogP contribution in [-0.4, -0.2) is 5.78 Å². The van der Waals surface area contributed by atoms with E-state index in [9.17, 15) is 10.1 Å². The molecule has 1 atom stereocenters. The third kappa shape index (κ3) is 2.18. The summed E-state index contributed by atoms with van der Waals surface area (Å²) < 4.78 is 0. The second-order valence-electron chi connectivity index (χ2n) is 6.24. The van der Waals surface area contributed by atoms with Gasteiger partial charge in [-0.2, -0.15) is 5.26 Å². The maximum absolute atomic E-state index is 11.5. The molecule has 1 aliphatic carbocycles. The number of ketones is 1. The van der Waals surface area contributed by atoms with E-state index >= 15 is 0 Å². The molecule has 0 radical (unpaired) electrons. The molecule has 0 heterocycles. The minimum Gasteiger partial charge on any atom is -0.300 e. The van der Waals surface area contributed by atoms with Crippen LogP contribution >= 0.6 is 0 Å². The van der Waals surface area contributed by atoms with Gasteiger partial charge in [0.15, 0.2) is 0 Å². The molecule has 0 amide bonds. The van der Waals surface area contributed by atoms with Gasteiger partial charge in [0, 0.05) is 12.8 Å². The van der Waals surface area contributed by atoms with E-state index in [1.807, 2.05) is 12.1 Å². The molecule has 0 saturated heterocycles. The first kappa shape index (κ1) is 12.8. The summed E-state index contributed by atoms with van der Waals surface area (Å²) in [7, 11) is 0. The lowest BCUT2D eigenvalue weighted by molar-refractivity contribution is -0.117. The summed E-state index contributed by atoms with van der Waals surface area (Å²) in [5.74, 6) is 0.205. The summed E-state index contributed by atoms with van der Waals surface area (Å²) in [6, 6.07) is 10.6. The lowest BCUT2D eigenvalue weighted by Gasteiger charge is -2.23. The van der Waals surface area contributed by atoms with Crippen molar-refractivity contribution in [2.45, 2.75) is 50.9 Å². The molecule has 2 heteroatoms. The molecule has 1 saturated carbocycles. The molecule has 0 N–H and O–H groups in total. The van der Waals surface area contributed by atoms with Crippen molar-refractivity contribution in [3.63, 3.8) is 0 Å². The van der Waals surface area contributed by atoms with E-state index in [2.05, 4.69) is 39.0 Å². The third-order valence-electron chi connectivity index (χ3n) is 3.85. The van der Waals surface area contributed by atoms with Crippen LogP contribution in [0, 0.1) is 11.3 Å². The number of carbonyl (C=O) groups excluding carboxylic acids is 1. The van der Waals surface area contributed by atoms with Crippen LogP contribution in [0.15, 0.2) is 24.3 Å². The van der Waals surface area contributed by atoms with Crippen molar-refractivity contribution >= 4 is 5.78 Å². The van der Waals surface area contributed by atoms with E-state index in [4.69, 9.17) is 0 Å². The highest BCUT2D eigenvalue weighted by atomic mass is 16.1. The summed E-state index contributed by atoms with van der Waals surface area (Å²) in [5, 5.41) is 9.41. The normalized spacial score (nSPS) is 24.0. The van der Waals surface area contributed by atoms with Crippen molar-refractivity contribution in [1.82, 2.24) is 0 Å². The van der Waals surface area contributed by atoms with Crippen molar-refractivity contribution in [3.05, 3.63) is 35.4 Å². The first-order chi connectivity index (χ1) is 8.37. The first-order valence-electron chi connectivity index (χ1n) is 6.41. The summed E-state index contributed by atoms with van der Waals surface area (Å²) in [6.45, 7) is 6.50. The molecule has 0 bridgehead atoms. The van der Waals surface area contributed by atoms with Crippen molar-refractivity contribution in [1.29, 1.82) is 5.26 Å². The van der Waals surface area contributed by atoms with E-state index in [1.165, 1.54) is 5.56 Å². The highest BCUT2D eigenvalue weighted by Crippen LogP contribution is 2.39. The molecule has 18 heavy (non-hydrogen) atoms. The molecule has 94 valence electrons. The maximum Gasteiger partial charge on any atom is 0.134 e. The van der Waals surface area contributed by atoms with Crippen molar-refractivity contribution in [2.24, 2.45) is 0 Å². The molecule has 0 aromatic heterocycles. The Bertz CT molecular complexity index is 501. The largest absolute Gasteiger partial charge is 0.300 e. The van der Waals surface area contributed by atoms with Gasteiger partial charge in [0.1, 0.15) is 5.78 Å². The van der Waals surface area contributed by atoms with Crippen LogP contribution in [0.2, 0.25) is 0 Å². The van der Waals surface area contributed by atoms with E-state index in [1.54, 1.807) is 0 Å². The SMILES string of the molecule is CC(C)(C)c1ccc(C2(C#N)CCC(=O)C2)cc1. The first-order valence-corrected chi connectivity index (χ1v) is 6.41. The number of carbonyl (C=O) groups is 1. The van der Waals surface area contributed by atoms with E-state index < -0.39 is 5.41 Å². The van der Waals surface area contributed by atoms with Crippen LogP contribution in [0.3, 0.4) is 0 Å². The van der Waals surface area contributed by atoms with Crippen LogP contribution in [0.1, 0.15) is 51.2 Å². The second-order valence-corrected chi connectivity index (χ2v) is 6.24. The van der Waals surface area contributed by atoms with E-state index in [-0.39, 0.29) is 11.2 Å². The molecule has 0 spiro atoms. The fourth-order valence-electron chi connectivity index (χ4n) is 2.56. The average Bonchev–Trinajstić information content (AvgIpc) is 2.71. The lowest BCUT2D eigenvalue weighted by Crippen LogP contribution is -2.21. The smallest absolute Gasteiger partial charge is 0.134 e. The predicted molar refractivity (Wildman–Crippen MR) is 71.3 cm³/mol. The molecule has 1 aliphatic rings. The summed E-state index contributed by atoms with van der Waals surface area (Å²) in [4.78, 5) is 11.5. The van der Waals surface area contributed by atoms with Gasteiger partial charge in [-0.1, -0.05) is 45.0 Å². The van der Waals surface area contributed by atoms with Crippen LogP contribution in [0.5, 0.6) is 0 Å². The van der Waals surface area contributed by atoms with Gasteiger partial charge in [0.05, 0.1) is 11.5 Å². The molecular weight excluding hydrogens is 222 g/mol. The Labute approximate surface area is 109 Å². The van der Waals surface area contributed by atoms with Gasteiger partial charge in [0.25, 0.3) is 0 Å². The van der Waals surface area contributed by atoms with Crippen LogP contribution in [0.4, 0.5) is 0 Å². The van der Waals surface area contributed by atoms with Crippen molar-refractivity contribution < 1.29 is 4.79 Å².